The maximum absolute atomic E-state index is 12.3. The van der Waals surface area contributed by atoms with Crippen molar-refractivity contribution in [2.45, 2.75) is 32.6 Å². The first kappa shape index (κ1) is 13.2. The Balaban J connectivity index is 1.93. The summed E-state index contributed by atoms with van der Waals surface area (Å²) in [7, 11) is 0. The fraction of sp³-hybridized carbons (Fsp3) is 0.846. The van der Waals surface area contributed by atoms with Crippen LogP contribution >= 0.6 is 0 Å². The smallest absolute Gasteiger partial charge is 0.320 e. The number of carboxylic acid groups (broad SMARTS) is 1. The van der Waals surface area contributed by atoms with Gasteiger partial charge in [-0.2, -0.15) is 0 Å². The molecule has 5 heteroatoms. The van der Waals surface area contributed by atoms with Crippen molar-refractivity contribution in [2.75, 3.05) is 26.2 Å². The number of carbonyl (C=O) groups excluding carboxylic acids is 1. The lowest BCUT2D eigenvalue weighted by Gasteiger charge is -2.38. The molecule has 18 heavy (non-hydrogen) atoms. The van der Waals surface area contributed by atoms with E-state index in [1.54, 1.807) is 4.90 Å². The molecule has 2 fully saturated rings. The molecule has 0 saturated carbocycles. The number of urea groups is 1. The Hall–Kier alpha value is -1.26. The first-order valence-electron chi connectivity index (χ1n) is 6.84. The molecule has 2 amide bonds. The van der Waals surface area contributed by atoms with Gasteiger partial charge >= 0.3 is 12.0 Å². The molecule has 0 aromatic carbocycles. The fourth-order valence-corrected chi connectivity index (χ4v) is 2.92. The van der Waals surface area contributed by atoms with E-state index in [4.69, 9.17) is 5.11 Å². The van der Waals surface area contributed by atoms with E-state index in [9.17, 15) is 9.59 Å². The lowest BCUT2D eigenvalue weighted by atomic mass is 9.98. The summed E-state index contributed by atoms with van der Waals surface area (Å²) in [5, 5.41) is 9.04. The third-order valence-corrected chi connectivity index (χ3v) is 3.97. The number of carbonyl (C=O) groups is 2. The summed E-state index contributed by atoms with van der Waals surface area (Å²) in [6.07, 6.45) is 3.73. The topological polar surface area (TPSA) is 60.9 Å². The number of piperidine rings is 2. The van der Waals surface area contributed by atoms with Gasteiger partial charge in [-0.05, 0) is 31.6 Å². The van der Waals surface area contributed by atoms with Crippen LogP contribution in [0.2, 0.25) is 0 Å². The molecule has 5 nitrogen and oxygen atoms in total. The van der Waals surface area contributed by atoms with E-state index in [1.165, 1.54) is 6.42 Å². The van der Waals surface area contributed by atoms with E-state index in [2.05, 4.69) is 6.92 Å². The van der Waals surface area contributed by atoms with Crippen molar-refractivity contribution in [3.05, 3.63) is 0 Å². The summed E-state index contributed by atoms with van der Waals surface area (Å²) in [4.78, 5) is 26.9. The van der Waals surface area contributed by atoms with Gasteiger partial charge in [0.1, 0.15) is 0 Å². The lowest BCUT2D eigenvalue weighted by Crippen LogP contribution is -2.51. The summed E-state index contributed by atoms with van der Waals surface area (Å²) in [5.74, 6) is -0.604. The Morgan fingerprint density at radius 1 is 1.06 bits per heavy atom. The molecular weight excluding hydrogens is 232 g/mol. The summed E-state index contributed by atoms with van der Waals surface area (Å²) in [5.41, 5.74) is 0. The number of nitrogens with zero attached hydrogens (tertiary/aromatic N) is 2. The van der Waals surface area contributed by atoms with Crippen molar-refractivity contribution in [3.63, 3.8) is 0 Å². The molecule has 0 bridgehead atoms. The second kappa shape index (κ2) is 5.59. The van der Waals surface area contributed by atoms with E-state index >= 15 is 0 Å². The number of aliphatic carboxylic acids is 1. The normalized spacial score (nSPS) is 29.2. The van der Waals surface area contributed by atoms with Crippen LogP contribution < -0.4 is 0 Å². The Bertz CT molecular complexity index is 332. The van der Waals surface area contributed by atoms with Crippen molar-refractivity contribution < 1.29 is 14.7 Å². The third-order valence-electron chi connectivity index (χ3n) is 3.97. The second-order valence-electron chi connectivity index (χ2n) is 5.60. The van der Waals surface area contributed by atoms with Crippen molar-refractivity contribution in [1.82, 2.24) is 9.80 Å². The minimum atomic E-state index is -0.778. The predicted octanol–water partition coefficient (Wildman–Crippen LogP) is 1.63. The van der Waals surface area contributed by atoms with E-state index in [1.807, 2.05) is 4.90 Å². The number of rotatable bonds is 1. The van der Waals surface area contributed by atoms with Gasteiger partial charge in [-0.3, -0.25) is 4.79 Å². The summed E-state index contributed by atoms with van der Waals surface area (Å²) < 4.78 is 0. The Kier molecular flexibility index (Phi) is 4.09. The zero-order valence-corrected chi connectivity index (χ0v) is 11.0. The average Bonchev–Trinajstić information content (AvgIpc) is 2.38. The Morgan fingerprint density at radius 2 is 1.67 bits per heavy atom. The molecule has 2 rings (SSSR count). The van der Waals surface area contributed by atoms with Gasteiger partial charge < -0.3 is 14.9 Å². The maximum atomic E-state index is 12.3. The molecule has 102 valence electrons. The van der Waals surface area contributed by atoms with Crippen LogP contribution in [0, 0.1) is 11.8 Å². The van der Waals surface area contributed by atoms with Crippen LogP contribution in [-0.2, 0) is 4.79 Å². The SMILES string of the molecule is CC1CCCN(C(=O)N2CCC[C@@H](C(=O)O)C2)C1. The molecule has 0 aliphatic carbocycles. The third kappa shape index (κ3) is 2.94. The highest BCUT2D eigenvalue weighted by molar-refractivity contribution is 5.76. The highest BCUT2D eigenvalue weighted by Crippen LogP contribution is 2.21. The molecule has 2 aliphatic rings. The highest BCUT2D eigenvalue weighted by Gasteiger charge is 2.31. The van der Waals surface area contributed by atoms with Crippen LogP contribution in [0.15, 0.2) is 0 Å². The molecule has 0 spiro atoms. The van der Waals surface area contributed by atoms with Gasteiger partial charge in [0, 0.05) is 26.2 Å². The summed E-state index contributed by atoms with van der Waals surface area (Å²) >= 11 is 0. The summed E-state index contributed by atoms with van der Waals surface area (Å²) in [6.45, 7) is 4.87. The van der Waals surface area contributed by atoms with E-state index in [0.717, 1.165) is 25.9 Å². The number of hydrogen-bond donors (Lipinski definition) is 1. The van der Waals surface area contributed by atoms with Gasteiger partial charge in [0.2, 0.25) is 0 Å². The summed E-state index contributed by atoms with van der Waals surface area (Å²) in [6, 6.07) is 0.0347. The molecule has 2 saturated heterocycles. The molecule has 2 aliphatic heterocycles. The van der Waals surface area contributed by atoms with Crippen LogP contribution in [-0.4, -0.2) is 53.1 Å². The zero-order chi connectivity index (χ0) is 13.1. The molecule has 0 radical (unpaired) electrons. The number of carboxylic acids is 1. The second-order valence-corrected chi connectivity index (χ2v) is 5.60. The molecule has 2 atom stereocenters. The van der Waals surface area contributed by atoms with Gasteiger partial charge in [0.05, 0.1) is 5.92 Å². The molecule has 1 N–H and O–H groups in total. The molecular formula is C13H22N2O3. The van der Waals surface area contributed by atoms with Gasteiger partial charge in [-0.1, -0.05) is 6.92 Å². The van der Waals surface area contributed by atoms with Crippen molar-refractivity contribution in [2.24, 2.45) is 11.8 Å². The van der Waals surface area contributed by atoms with Gasteiger partial charge in [-0.15, -0.1) is 0 Å². The average molecular weight is 254 g/mol. The van der Waals surface area contributed by atoms with Crippen LogP contribution in [0.25, 0.3) is 0 Å². The first-order valence-corrected chi connectivity index (χ1v) is 6.84. The highest BCUT2D eigenvalue weighted by atomic mass is 16.4. The quantitative estimate of drug-likeness (QED) is 0.773. The van der Waals surface area contributed by atoms with Gasteiger partial charge in [0.25, 0.3) is 0 Å². The minimum Gasteiger partial charge on any atom is -0.481 e. The fourth-order valence-electron chi connectivity index (χ4n) is 2.92. The Labute approximate surface area is 108 Å². The largest absolute Gasteiger partial charge is 0.481 e. The number of likely N-dealkylation sites (tertiary alicyclic amines) is 2. The van der Waals surface area contributed by atoms with E-state index in [0.29, 0.717) is 25.4 Å². The van der Waals surface area contributed by atoms with Crippen molar-refractivity contribution in [1.29, 1.82) is 0 Å². The van der Waals surface area contributed by atoms with Crippen LogP contribution in [0.5, 0.6) is 0 Å². The van der Waals surface area contributed by atoms with Crippen LogP contribution in [0.4, 0.5) is 4.79 Å². The van der Waals surface area contributed by atoms with Crippen LogP contribution in [0.1, 0.15) is 32.6 Å². The lowest BCUT2D eigenvalue weighted by molar-refractivity contribution is -0.143. The minimum absolute atomic E-state index is 0.0347. The van der Waals surface area contributed by atoms with Gasteiger partial charge in [-0.25, -0.2) is 4.79 Å². The van der Waals surface area contributed by atoms with Gasteiger partial charge in [0.15, 0.2) is 0 Å². The zero-order valence-electron chi connectivity index (χ0n) is 11.0. The van der Waals surface area contributed by atoms with Crippen LogP contribution in [0.3, 0.4) is 0 Å². The standard InChI is InChI=1S/C13H22N2O3/c1-10-4-2-6-14(8-10)13(18)15-7-3-5-11(9-15)12(16)17/h10-11H,2-9H2,1H3,(H,16,17)/t10?,11-/m1/s1. The molecule has 0 aromatic rings. The molecule has 0 aromatic heterocycles. The predicted molar refractivity (Wildman–Crippen MR) is 67.3 cm³/mol. The van der Waals surface area contributed by atoms with Crippen molar-refractivity contribution in [3.8, 4) is 0 Å². The number of hydrogen-bond acceptors (Lipinski definition) is 2. The van der Waals surface area contributed by atoms with E-state index < -0.39 is 5.97 Å². The first-order chi connectivity index (χ1) is 8.58. The Morgan fingerprint density at radius 3 is 2.28 bits per heavy atom. The number of amides is 2. The maximum Gasteiger partial charge on any atom is 0.320 e. The van der Waals surface area contributed by atoms with E-state index in [-0.39, 0.29) is 11.9 Å². The monoisotopic (exact) mass is 254 g/mol. The molecule has 2 heterocycles. The molecule has 1 unspecified atom stereocenters. The van der Waals surface area contributed by atoms with Crippen molar-refractivity contribution >= 4 is 12.0 Å².